The van der Waals surface area contributed by atoms with Gasteiger partial charge in [0.2, 0.25) is 0 Å². The highest BCUT2D eigenvalue weighted by molar-refractivity contribution is 4.84. The standard InChI is InChI=1S/C18H42N4O/c1-11-17(15(21(7)8)13-19(3)4)23-18(12-2)16(22(9)10)14-20(5)6/h15-18H,11-14H2,1-10H3. The quantitative estimate of drug-likeness (QED) is 0.540. The van der Waals surface area contributed by atoms with Crippen LogP contribution in [0.3, 0.4) is 0 Å². The van der Waals surface area contributed by atoms with Crippen LogP contribution in [0.5, 0.6) is 0 Å². The molecule has 0 saturated heterocycles. The first kappa shape index (κ1) is 22.8. The summed E-state index contributed by atoms with van der Waals surface area (Å²) >= 11 is 0. The third-order valence-electron chi connectivity index (χ3n) is 4.44. The predicted molar refractivity (Wildman–Crippen MR) is 101 cm³/mol. The van der Waals surface area contributed by atoms with Gasteiger partial charge >= 0.3 is 0 Å². The summed E-state index contributed by atoms with van der Waals surface area (Å²) in [5.41, 5.74) is 0. The molecule has 0 radical (unpaired) electrons. The first-order chi connectivity index (χ1) is 10.6. The van der Waals surface area contributed by atoms with Crippen LogP contribution in [0.15, 0.2) is 0 Å². The van der Waals surface area contributed by atoms with Crippen molar-refractivity contribution in [2.24, 2.45) is 0 Å². The number of hydrogen-bond acceptors (Lipinski definition) is 5. The maximum atomic E-state index is 6.66. The number of rotatable bonds is 12. The highest BCUT2D eigenvalue weighted by Gasteiger charge is 2.30. The first-order valence-electron chi connectivity index (χ1n) is 8.91. The molecule has 0 rings (SSSR count). The van der Waals surface area contributed by atoms with Crippen LogP contribution in [0.2, 0.25) is 0 Å². The van der Waals surface area contributed by atoms with Crippen molar-refractivity contribution in [2.75, 3.05) is 69.5 Å². The summed E-state index contributed by atoms with van der Waals surface area (Å²) in [4.78, 5) is 9.11. The summed E-state index contributed by atoms with van der Waals surface area (Å²) in [6.07, 6.45) is 2.58. The van der Waals surface area contributed by atoms with E-state index in [0.717, 1.165) is 25.9 Å². The van der Waals surface area contributed by atoms with E-state index < -0.39 is 0 Å². The smallest absolute Gasteiger partial charge is 0.0744 e. The Morgan fingerprint density at radius 1 is 0.609 bits per heavy atom. The summed E-state index contributed by atoms with van der Waals surface area (Å²) in [5.74, 6) is 0. The molecule has 0 amide bonds. The molecule has 0 aliphatic heterocycles. The van der Waals surface area contributed by atoms with Crippen LogP contribution in [-0.2, 0) is 4.74 Å². The lowest BCUT2D eigenvalue weighted by atomic mass is 10.0. The lowest BCUT2D eigenvalue weighted by Crippen LogP contribution is -2.52. The van der Waals surface area contributed by atoms with Gasteiger partial charge in [-0.05, 0) is 69.2 Å². The van der Waals surface area contributed by atoms with E-state index in [0.29, 0.717) is 12.1 Å². The first-order valence-corrected chi connectivity index (χ1v) is 8.91. The lowest BCUT2D eigenvalue weighted by molar-refractivity contribution is -0.0877. The van der Waals surface area contributed by atoms with E-state index in [1.165, 1.54) is 0 Å². The van der Waals surface area contributed by atoms with E-state index in [1.54, 1.807) is 0 Å². The van der Waals surface area contributed by atoms with E-state index >= 15 is 0 Å². The Hall–Kier alpha value is -0.200. The Labute approximate surface area is 145 Å². The normalized spacial score (nSPS) is 18.0. The molecule has 0 aromatic rings. The largest absolute Gasteiger partial charge is 0.372 e. The van der Waals surface area contributed by atoms with Crippen molar-refractivity contribution in [3.8, 4) is 0 Å². The monoisotopic (exact) mass is 330 g/mol. The van der Waals surface area contributed by atoms with Crippen molar-refractivity contribution >= 4 is 0 Å². The van der Waals surface area contributed by atoms with Gasteiger partial charge in [-0.25, -0.2) is 0 Å². The summed E-state index contributed by atoms with van der Waals surface area (Å²) < 4.78 is 6.66. The van der Waals surface area contributed by atoms with Gasteiger partial charge in [0.1, 0.15) is 0 Å². The maximum absolute atomic E-state index is 6.66. The summed E-state index contributed by atoms with van der Waals surface area (Å²) in [5, 5.41) is 0. The molecule has 0 spiro atoms. The fraction of sp³-hybridized carbons (Fsp3) is 1.00. The molecule has 4 atom stereocenters. The maximum Gasteiger partial charge on any atom is 0.0744 e. The second kappa shape index (κ2) is 11.4. The summed E-state index contributed by atoms with van der Waals surface area (Å²) in [6.45, 7) is 6.50. The fourth-order valence-electron chi connectivity index (χ4n) is 3.12. The molecule has 5 nitrogen and oxygen atoms in total. The van der Waals surface area contributed by atoms with Crippen LogP contribution in [0.4, 0.5) is 0 Å². The van der Waals surface area contributed by atoms with Gasteiger partial charge in [0.25, 0.3) is 0 Å². The van der Waals surface area contributed by atoms with Crippen LogP contribution in [0.1, 0.15) is 26.7 Å². The highest BCUT2D eigenvalue weighted by atomic mass is 16.5. The molecule has 0 aliphatic carbocycles. The Morgan fingerprint density at radius 2 is 0.913 bits per heavy atom. The topological polar surface area (TPSA) is 22.2 Å². The molecule has 140 valence electrons. The Morgan fingerprint density at radius 3 is 1.09 bits per heavy atom. The number of ether oxygens (including phenoxy) is 1. The van der Waals surface area contributed by atoms with Crippen LogP contribution >= 0.6 is 0 Å². The zero-order valence-corrected chi connectivity index (χ0v) is 17.3. The van der Waals surface area contributed by atoms with Gasteiger partial charge in [0.15, 0.2) is 0 Å². The Kier molecular flexibility index (Phi) is 11.3. The minimum Gasteiger partial charge on any atom is -0.372 e. The Balaban J connectivity index is 5.13. The Bertz CT molecular complexity index is 267. The molecule has 0 saturated carbocycles. The average molecular weight is 331 g/mol. The third-order valence-corrected chi connectivity index (χ3v) is 4.44. The van der Waals surface area contributed by atoms with E-state index in [-0.39, 0.29) is 12.2 Å². The molecular formula is C18H42N4O. The van der Waals surface area contributed by atoms with Crippen LogP contribution < -0.4 is 0 Å². The van der Waals surface area contributed by atoms with Gasteiger partial charge in [-0.3, -0.25) is 0 Å². The van der Waals surface area contributed by atoms with Crippen molar-refractivity contribution in [3.05, 3.63) is 0 Å². The molecule has 0 N–H and O–H groups in total. The zero-order valence-electron chi connectivity index (χ0n) is 17.3. The van der Waals surface area contributed by atoms with Crippen molar-refractivity contribution in [3.63, 3.8) is 0 Å². The van der Waals surface area contributed by atoms with Crippen LogP contribution in [0, 0.1) is 0 Å². The predicted octanol–water partition coefficient (Wildman–Crippen LogP) is 1.54. The second-order valence-electron chi connectivity index (χ2n) is 7.62. The van der Waals surface area contributed by atoms with Gasteiger partial charge in [-0.1, -0.05) is 13.8 Å². The molecule has 0 aromatic heterocycles. The fourth-order valence-corrected chi connectivity index (χ4v) is 3.12. The molecule has 0 aromatic carbocycles. The van der Waals surface area contributed by atoms with E-state index in [4.69, 9.17) is 4.74 Å². The van der Waals surface area contributed by atoms with E-state index in [2.05, 4.69) is 89.8 Å². The van der Waals surface area contributed by atoms with Crippen LogP contribution in [-0.4, -0.2) is 113 Å². The number of hydrogen-bond donors (Lipinski definition) is 0. The number of nitrogens with zero attached hydrogens (tertiary/aromatic N) is 4. The van der Waals surface area contributed by atoms with Crippen molar-refractivity contribution < 1.29 is 4.74 Å². The van der Waals surface area contributed by atoms with Gasteiger partial charge in [0, 0.05) is 25.2 Å². The van der Waals surface area contributed by atoms with Crippen molar-refractivity contribution in [1.29, 1.82) is 0 Å². The van der Waals surface area contributed by atoms with E-state index in [1.807, 2.05) is 0 Å². The number of likely N-dealkylation sites (N-methyl/N-ethyl adjacent to an activating group) is 4. The van der Waals surface area contributed by atoms with Gasteiger partial charge < -0.3 is 24.3 Å². The molecule has 0 fully saturated rings. The van der Waals surface area contributed by atoms with Gasteiger partial charge in [-0.2, -0.15) is 0 Å². The van der Waals surface area contributed by atoms with E-state index in [9.17, 15) is 0 Å². The lowest BCUT2D eigenvalue weighted by Gasteiger charge is -2.40. The SMILES string of the molecule is CCC(OC(CC)C(CN(C)C)N(C)C)C(CN(C)C)N(C)C. The minimum absolute atomic E-state index is 0.252. The molecular weight excluding hydrogens is 288 g/mol. The van der Waals surface area contributed by atoms with Gasteiger partial charge in [-0.15, -0.1) is 0 Å². The molecule has 5 heteroatoms. The summed E-state index contributed by atoms with van der Waals surface area (Å²) in [6, 6.07) is 0.817. The molecule has 0 bridgehead atoms. The van der Waals surface area contributed by atoms with Crippen LogP contribution in [0.25, 0.3) is 0 Å². The van der Waals surface area contributed by atoms with Gasteiger partial charge in [0.05, 0.1) is 12.2 Å². The van der Waals surface area contributed by atoms with Crippen molar-refractivity contribution in [1.82, 2.24) is 19.6 Å². The highest BCUT2D eigenvalue weighted by Crippen LogP contribution is 2.18. The molecule has 0 heterocycles. The molecule has 4 unspecified atom stereocenters. The molecule has 23 heavy (non-hydrogen) atoms. The van der Waals surface area contributed by atoms with Crippen molar-refractivity contribution in [2.45, 2.75) is 51.0 Å². The minimum atomic E-state index is 0.252. The second-order valence-corrected chi connectivity index (χ2v) is 7.62. The zero-order chi connectivity index (χ0) is 18.2. The molecule has 0 aliphatic rings. The average Bonchev–Trinajstić information content (AvgIpc) is 2.43. The summed E-state index contributed by atoms with van der Waals surface area (Å²) in [7, 11) is 17.2. The third kappa shape index (κ3) is 8.45.